The molecule has 0 spiro atoms. The molecule has 0 atom stereocenters. The third kappa shape index (κ3) is 4.34. The number of nitrogens with zero attached hydrogens (tertiary/aromatic N) is 2. The minimum Gasteiger partial charge on any atom is -0.395 e. The van der Waals surface area contributed by atoms with Gasteiger partial charge in [-0.3, -0.25) is 9.69 Å². The summed E-state index contributed by atoms with van der Waals surface area (Å²) in [6.07, 6.45) is 1.54. The Bertz CT molecular complexity index is 515. The van der Waals surface area contributed by atoms with Gasteiger partial charge < -0.3 is 10.0 Å². The number of thiophene rings is 1. The summed E-state index contributed by atoms with van der Waals surface area (Å²) >= 11 is 1.68. The predicted molar refractivity (Wildman–Crippen MR) is 80.4 cm³/mol. The summed E-state index contributed by atoms with van der Waals surface area (Å²) in [6, 6.07) is 2.08. The monoisotopic (exact) mass is 292 g/mol. The van der Waals surface area contributed by atoms with E-state index in [1.807, 2.05) is 12.4 Å². The second-order valence-corrected chi connectivity index (χ2v) is 5.95. The fourth-order valence-corrected chi connectivity index (χ4v) is 3.01. The summed E-state index contributed by atoms with van der Waals surface area (Å²) in [5.41, 5.74) is 0.997. The van der Waals surface area contributed by atoms with E-state index in [0.29, 0.717) is 13.0 Å². The first kappa shape index (κ1) is 15.0. The Labute approximate surface area is 124 Å². The van der Waals surface area contributed by atoms with E-state index >= 15 is 0 Å². The van der Waals surface area contributed by atoms with Crippen LogP contribution in [0.1, 0.15) is 23.3 Å². The molecule has 1 aromatic rings. The molecule has 20 heavy (non-hydrogen) atoms. The molecular weight excluding hydrogens is 272 g/mol. The van der Waals surface area contributed by atoms with Crippen molar-refractivity contribution in [2.45, 2.75) is 19.4 Å². The van der Waals surface area contributed by atoms with Crippen molar-refractivity contribution in [3.8, 4) is 11.8 Å². The van der Waals surface area contributed by atoms with Crippen LogP contribution in [0.5, 0.6) is 0 Å². The summed E-state index contributed by atoms with van der Waals surface area (Å²) in [5.74, 6) is 6.16. The third-order valence-corrected chi connectivity index (χ3v) is 4.18. The van der Waals surface area contributed by atoms with Crippen LogP contribution in [0.3, 0.4) is 0 Å². The lowest BCUT2D eigenvalue weighted by molar-refractivity contribution is -0.129. The lowest BCUT2D eigenvalue weighted by atomic mass is 10.3. The average Bonchev–Trinajstić information content (AvgIpc) is 2.79. The molecular formula is C15H20N2O2S. The molecule has 2 rings (SSSR count). The number of hydrogen-bond acceptors (Lipinski definition) is 4. The predicted octanol–water partition coefficient (Wildman–Crippen LogP) is 1.15. The van der Waals surface area contributed by atoms with Crippen LogP contribution in [0, 0.1) is 11.8 Å². The molecule has 0 saturated carbocycles. The zero-order chi connectivity index (χ0) is 14.4. The SMILES string of the molecule is CN1CCCN(Cc2cc(C#CCCO)cs2)CC1=O. The number of hydrogen-bond donors (Lipinski definition) is 1. The molecule has 1 saturated heterocycles. The molecule has 0 aromatic carbocycles. The Balaban J connectivity index is 1.93. The van der Waals surface area contributed by atoms with Gasteiger partial charge in [-0.2, -0.15) is 0 Å². The van der Waals surface area contributed by atoms with Crippen molar-refractivity contribution in [3.63, 3.8) is 0 Å². The van der Waals surface area contributed by atoms with Gasteiger partial charge in [-0.15, -0.1) is 11.3 Å². The van der Waals surface area contributed by atoms with Gasteiger partial charge in [0, 0.05) is 48.9 Å². The van der Waals surface area contributed by atoms with Crippen molar-refractivity contribution in [3.05, 3.63) is 21.9 Å². The van der Waals surface area contributed by atoms with E-state index < -0.39 is 0 Å². The maximum absolute atomic E-state index is 11.8. The van der Waals surface area contributed by atoms with Crippen LogP contribution in [-0.2, 0) is 11.3 Å². The number of amides is 1. The van der Waals surface area contributed by atoms with E-state index in [1.165, 1.54) is 4.88 Å². The van der Waals surface area contributed by atoms with E-state index in [-0.39, 0.29) is 12.5 Å². The Kier molecular flexibility index (Phi) is 5.60. The van der Waals surface area contributed by atoms with E-state index in [2.05, 4.69) is 22.8 Å². The Morgan fingerprint density at radius 1 is 1.45 bits per heavy atom. The van der Waals surface area contributed by atoms with Crippen molar-refractivity contribution in [2.75, 3.05) is 33.3 Å². The standard InChI is InChI=1S/C15H20N2O2S/c1-16-6-4-7-17(11-15(16)19)10-14-9-13(12-20-14)5-2-3-8-18/h9,12,18H,3-4,6-8,10-11H2,1H3. The van der Waals surface area contributed by atoms with E-state index in [1.54, 1.807) is 16.2 Å². The molecule has 4 nitrogen and oxygen atoms in total. The van der Waals surface area contributed by atoms with Gasteiger partial charge in [0.15, 0.2) is 0 Å². The molecule has 1 amide bonds. The Morgan fingerprint density at radius 2 is 2.30 bits per heavy atom. The molecule has 0 unspecified atom stereocenters. The van der Waals surface area contributed by atoms with Crippen LogP contribution in [0.25, 0.3) is 0 Å². The first-order valence-corrected chi connectivity index (χ1v) is 7.70. The first-order chi connectivity index (χ1) is 9.69. The summed E-state index contributed by atoms with van der Waals surface area (Å²) in [4.78, 5) is 17.1. The normalized spacial score (nSPS) is 16.7. The largest absolute Gasteiger partial charge is 0.395 e. The molecule has 1 aromatic heterocycles. The van der Waals surface area contributed by atoms with Crippen LogP contribution in [0.2, 0.25) is 0 Å². The Morgan fingerprint density at radius 3 is 3.10 bits per heavy atom. The molecule has 0 aliphatic carbocycles. The third-order valence-electron chi connectivity index (χ3n) is 3.26. The second-order valence-electron chi connectivity index (χ2n) is 4.96. The van der Waals surface area contributed by atoms with E-state index in [0.717, 1.165) is 31.6 Å². The van der Waals surface area contributed by atoms with Crippen LogP contribution >= 0.6 is 11.3 Å². The van der Waals surface area contributed by atoms with Crippen LogP contribution in [-0.4, -0.2) is 54.1 Å². The smallest absolute Gasteiger partial charge is 0.236 e. The molecule has 5 heteroatoms. The van der Waals surface area contributed by atoms with Crippen molar-refractivity contribution in [2.24, 2.45) is 0 Å². The molecule has 0 bridgehead atoms. The zero-order valence-electron chi connectivity index (χ0n) is 11.8. The number of likely N-dealkylation sites (N-methyl/N-ethyl adjacent to an activating group) is 1. The fraction of sp³-hybridized carbons (Fsp3) is 0.533. The summed E-state index contributed by atoms with van der Waals surface area (Å²) in [6.45, 7) is 3.22. The van der Waals surface area contributed by atoms with Gasteiger partial charge in [-0.25, -0.2) is 0 Å². The van der Waals surface area contributed by atoms with Gasteiger partial charge >= 0.3 is 0 Å². The summed E-state index contributed by atoms with van der Waals surface area (Å²) in [7, 11) is 1.87. The van der Waals surface area contributed by atoms with Gasteiger partial charge in [0.25, 0.3) is 0 Å². The van der Waals surface area contributed by atoms with Crippen molar-refractivity contribution in [1.82, 2.24) is 9.80 Å². The minimum atomic E-state index is 0.105. The maximum Gasteiger partial charge on any atom is 0.236 e. The second kappa shape index (κ2) is 7.44. The lowest BCUT2D eigenvalue weighted by Crippen LogP contribution is -2.33. The highest BCUT2D eigenvalue weighted by Gasteiger charge is 2.19. The highest BCUT2D eigenvalue weighted by molar-refractivity contribution is 7.10. The number of rotatable bonds is 3. The summed E-state index contributed by atoms with van der Waals surface area (Å²) in [5, 5.41) is 10.7. The molecule has 0 radical (unpaired) electrons. The average molecular weight is 292 g/mol. The molecule has 1 N–H and O–H groups in total. The van der Waals surface area contributed by atoms with Gasteiger partial charge in [-0.05, 0) is 12.5 Å². The Hall–Kier alpha value is -1.35. The minimum absolute atomic E-state index is 0.105. The zero-order valence-corrected chi connectivity index (χ0v) is 12.6. The number of aliphatic hydroxyl groups is 1. The number of carbonyl (C=O) groups excluding carboxylic acids is 1. The first-order valence-electron chi connectivity index (χ1n) is 6.82. The summed E-state index contributed by atoms with van der Waals surface area (Å²) < 4.78 is 0. The molecule has 108 valence electrons. The highest BCUT2D eigenvalue weighted by Crippen LogP contribution is 2.17. The highest BCUT2D eigenvalue weighted by atomic mass is 32.1. The number of aliphatic hydroxyl groups excluding tert-OH is 1. The molecule has 1 aliphatic rings. The van der Waals surface area contributed by atoms with Gasteiger partial charge in [0.2, 0.25) is 5.91 Å². The topological polar surface area (TPSA) is 43.8 Å². The van der Waals surface area contributed by atoms with E-state index in [4.69, 9.17) is 5.11 Å². The molecule has 2 heterocycles. The van der Waals surface area contributed by atoms with Crippen LogP contribution in [0.4, 0.5) is 0 Å². The maximum atomic E-state index is 11.8. The van der Waals surface area contributed by atoms with Gasteiger partial charge in [-0.1, -0.05) is 11.8 Å². The van der Waals surface area contributed by atoms with Crippen LogP contribution in [0.15, 0.2) is 11.4 Å². The van der Waals surface area contributed by atoms with Crippen molar-refractivity contribution < 1.29 is 9.90 Å². The molecule has 1 aliphatic heterocycles. The number of carbonyl (C=O) groups is 1. The van der Waals surface area contributed by atoms with Crippen molar-refractivity contribution >= 4 is 17.2 Å². The fourth-order valence-electron chi connectivity index (χ4n) is 2.15. The van der Waals surface area contributed by atoms with Crippen molar-refractivity contribution in [1.29, 1.82) is 0 Å². The van der Waals surface area contributed by atoms with Crippen LogP contribution < -0.4 is 0 Å². The van der Waals surface area contributed by atoms with Gasteiger partial charge in [0.1, 0.15) is 0 Å². The van der Waals surface area contributed by atoms with E-state index in [9.17, 15) is 4.79 Å². The van der Waals surface area contributed by atoms with Gasteiger partial charge in [0.05, 0.1) is 13.2 Å². The quantitative estimate of drug-likeness (QED) is 0.850. The molecule has 1 fully saturated rings. The lowest BCUT2D eigenvalue weighted by Gasteiger charge is -2.18.